The molecule has 2 aliphatic rings. The van der Waals surface area contributed by atoms with E-state index in [0.29, 0.717) is 41.9 Å². The van der Waals surface area contributed by atoms with Gasteiger partial charge in [0, 0.05) is 82.4 Å². The van der Waals surface area contributed by atoms with Crippen LogP contribution in [0.2, 0.25) is 0 Å². The van der Waals surface area contributed by atoms with Gasteiger partial charge in [-0.25, -0.2) is 0 Å². The lowest BCUT2D eigenvalue weighted by Crippen LogP contribution is -2.44. The van der Waals surface area contributed by atoms with Gasteiger partial charge in [0.1, 0.15) is 0 Å². The Labute approximate surface area is 257 Å². The Balaban J connectivity index is 0.861. The lowest BCUT2D eigenvalue weighted by atomic mass is 10.0. The zero-order valence-corrected chi connectivity index (χ0v) is 24.6. The second-order valence-corrected chi connectivity index (χ2v) is 11.7. The molecular formula is C35H30N6O4. The molecule has 4 amide bonds. The highest BCUT2D eigenvalue weighted by Gasteiger charge is 2.38. The van der Waals surface area contributed by atoms with Crippen LogP contribution in [0.4, 0.5) is 0 Å². The number of hydrogen-bond donors (Lipinski definition) is 4. The largest absolute Gasteiger partial charge is 0.354 e. The van der Waals surface area contributed by atoms with Crippen molar-refractivity contribution in [2.45, 2.75) is 13.0 Å². The predicted octanol–water partition coefficient (Wildman–Crippen LogP) is 4.42. The Kier molecular flexibility index (Phi) is 6.29. The molecule has 4 aromatic carbocycles. The first-order chi connectivity index (χ1) is 21.9. The van der Waals surface area contributed by atoms with E-state index in [-0.39, 0.29) is 42.8 Å². The van der Waals surface area contributed by atoms with Crippen molar-refractivity contribution in [2.75, 3.05) is 32.7 Å². The second kappa shape index (κ2) is 10.4. The smallest absolute Gasteiger partial charge is 0.262 e. The van der Waals surface area contributed by atoms with Crippen LogP contribution in [0.15, 0.2) is 72.8 Å². The highest BCUT2D eigenvalue weighted by molar-refractivity contribution is 6.31. The predicted molar refractivity (Wildman–Crippen MR) is 173 cm³/mol. The topological polar surface area (TPSA) is 130 Å². The summed E-state index contributed by atoms with van der Waals surface area (Å²) in [5, 5.41) is 10.1. The van der Waals surface area contributed by atoms with Gasteiger partial charge in [0.05, 0.1) is 22.3 Å². The minimum atomic E-state index is -0.277. The molecular weight excluding hydrogens is 568 g/mol. The molecule has 4 heterocycles. The minimum Gasteiger partial charge on any atom is -0.354 e. The maximum Gasteiger partial charge on any atom is 0.262 e. The van der Waals surface area contributed by atoms with Gasteiger partial charge in [-0.2, -0.15) is 0 Å². The van der Waals surface area contributed by atoms with E-state index in [2.05, 4.69) is 20.6 Å². The maximum atomic E-state index is 13.4. The van der Waals surface area contributed by atoms with Crippen molar-refractivity contribution in [1.82, 2.24) is 30.4 Å². The number of para-hydroxylation sites is 2. The zero-order valence-electron chi connectivity index (χ0n) is 24.6. The van der Waals surface area contributed by atoms with Gasteiger partial charge in [-0.15, -0.1) is 0 Å². The van der Waals surface area contributed by atoms with Crippen LogP contribution in [0.5, 0.6) is 0 Å². The minimum absolute atomic E-state index is 0.0218. The molecule has 45 heavy (non-hydrogen) atoms. The Morgan fingerprint density at radius 3 is 1.62 bits per heavy atom. The number of carbonyl (C=O) groups excluding carboxylic acids is 4. The average molecular weight is 599 g/mol. The summed E-state index contributed by atoms with van der Waals surface area (Å²) in [6, 6.07) is 22.8. The third-order valence-corrected chi connectivity index (χ3v) is 9.00. The van der Waals surface area contributed by atoms with E-state index < -0.39 is 0 Å². The van der Waals surface area contributed by atoms with Crippen molar-refractivity contribution in [3.05, 3.63) is 95.1 Å². The van der Waals surface area contributed by atoms with E-state index in [4.69, 9.17) is 0 Å². The highest BCUT2D eigenvalue weighted by atomic mass is 16.2. The Hall–Kier alpha value is -5.32. The van der Waals surface area contributed by atoms with Crippen molar-refractivity contribution in [1.29, 1.82) is 0 Å². The first-order valence-electron chi connectivity index (χ1n) is 15.2. The molecule has 2 aliphatic heterocycles. The number of benzene rings is 4. The fourth-order valence-corrected chi connectivity index (χ4v) is 6.84. The summed E-state index contributed by atoms with van der Waals surface area (Å²) in [6.07, 6.45) is 0. The van der Waals surface area contributed by atoms with Crippen LogP contribution in [-0.4, -0.2) is 82.2 Å². The SMILES string of the molecule is CC(CNCCN1C(=O)c2ccc3[nH]c4ccccc4c3c2C1=O)NCCN1C(=O)c2ccc3[nH]c4ccccc4c3c2C1=O. The van der Waals surface area contributed by atoms with Gasteiger partial charge in [0.15, 0.2) is 0 Å². The number of fused-ring (bicyclic) bond motifs is 10. The number of rotatable bonds is 9. The number of aromatic nitrogens is 2. The fraction of sp³-hybridized carbons (Fsp3) is 0.200. The summed E-state index contributed by atoms with van der Waals surface area (Å²) in [5.74, 6) is -1.10. The van der Waals surface area contributed by atoms with E-state index >= 15 is 0 Å². The highest BCUT2D eigenvalue weighted by Crippen LogP contribution is 2.36. The van der Waals surface area contributed by atoms with Crippen LogP contribution >= 0.6 is 0 Å². The van der Waals surface area contributed by atoms with Crippen molar-refractivity contribution in [3.63, 3.8) is 0 Å². The van der Waals surface area contributed by atoms with Crippen molar-refractivity contribution in [2.24, 2.45) is 0 Å². The molecule has 0 bridgehead atoms. The van der Waals surface area contributed by atoms with E-state index in [1.165, 1.54) is 9.80 Å². The number of hydrogen-bond acceptors (Lipinski definition) is 6. The first-order valence-corrected chi connectivity index (χ1v) is 15.2. The number of nitrogens with zero attached hydrogens (tertiary/aromatic N) is 2. The molecule has 224 valence electrons. The molecule has 0 spiro atoms. The van der Waals surface area contributed by atoms with E-state index in [1.54, 1.807) is 12.1 Å². The van der Waals surface area contributed by atoms with Gasteiger partial charge < -0.3 is 20.6 Å². The molecule has 4 N–H and O–H groups in total. The molecule has 0 aliphatic carbocycles. The zero-order chi connectivity index (χ0) is 30.8. The van der Waals surface area contributed by atoms with Crippen LogP contribution in [-0.2, 0) is 0 Å². The molecule has 2 aromatic heterocycles. The number of amides is 4. The standard InChI is InChI=1S/C35H30N6O4/c1-19(37-15-17-41-33(43)23-11-13-27-29(31(23)35(41)45)21-7-3-5-9-25(21)39-27)18-36-14-16-40-32(42)22-10-12-26-28(30(22)34(40)44)20-6-2-4-8-24(20)38-26/h2-13,19,36-39H,14-18H2,1H3. The van der Waals surface area contributed by atoms with Crippen LogP contribution in [0.1, 0.15) is 48.4 Å². The van der Waals surface area contributed by atoms with Crippen molar-refractivity contribution < 1.29 is 19.2 Å². The molecule has 10 nitrogen and oxygen atoms in total. The summed E-state index contributed by atoms with van der Waals surface area (Å²) >= 11 is 0. The van der Waals surface area contributed by atoms with Crippen LogP contribution in [0, 0.1) is 0 Å². The summed E-state index contributed by atoms with van der Waals surface area (Å²) < 4.78 is 0. The van der Waals surface area contributed by atoms with E-state index in [9.17, 15) is 19.2 Å². The first kappa shape index (κ1) is 27.2. The Morgan fingerprint density at radius 2 is 1.09 bits per heavy atom. The quantitative estimate of drug-likeness (QED) is 0.144. The average Bonchev–Trinajstić information content (AvgIpc) is 3.75. The van der Waals surface area contributed by atoms with Crippen molar-refractivity contribution >= 4 is 67.2 Å². The van der Waals surface area contributed by atoms with Gasteiger partial charge in [-0.3, -0.25) is 29.0 Å². The van der Waals surface area contributed by atoms with Crippen molar-refractivity contribution in [3.8, 4) is 0 Å². The fourth-order valence-electron chi connectivity index (χ4n) is 6.84. The van der Waals surface area contributed by atoms with Gasteiger partial charge in [0.2, 0.25) is 0 Å². The van der Waals surface area contributed by atoms with E-state index in [0.717, 1.165) is 43.6 Å². The summed E-state index contributed by atoms with van der Waals surface area (Å²) in [6.45, 7) is 3.95. The third-order valence-electron chi connectivity index (χ3n) is 9.00. The molecule has 0 radical (unpaired) electrons. The number of H-pyrrole nitrogens is 2. The third kappa shape index (κ3) is 4.17. The van der Waals surface area contributed by atoms with E-state index in [1.807, 2.05) is 67.6 Å². The number of nitrogens with one attached hydrogen (secondary N) is 4. The lowest BCUT2D eigenvalue weighted by molar-refractivity contribution is 0.0638. The summed E-state index contributed by atoms with van der Waals surface area (Å²) in [7, 11) is 0. The van der Waals surface area contributed by atoms with Gasteiger partial charge in [0.25, 0.3) is 23.6 Å². The van der Waals surface area contributed by atoms with Crippen LogP contribution in [0.25, 0.3) is 43.6 Å². The number of carbonyl (C=O) groups is 4. The van der Waals surface area contributed by atoms with Crippen LogP contribution < -0.4 is 10.6 Å². The molecule has 0 fully saturated rings. The molecule has 6 aromatic rings. The molecule has 8 rings (SSSR count). The monoisotopic (exact) mass is 598 g/mol. The Bertz CT molecular complexity index is 2230. The van der Waals surface area contributed by atoms with Gasteiger partial charge in [-0.1, -0.05) is 36.4 Å². The maximum absolute atomic E-state index is 13.4. The summed E-state index contributed by atoms with van der Waals surface area (Å²) in [5.41, 5.74) is 5.32. The summed E-state index contributed by atoms with van der Waals surface area (Å²) in [4.78, 5) is 62.4. The van der Waals surface area contributed by atoms with Gasteiger partial charge in [-0.05, 0) is 43.3 Å². The normalized spacial score (nSPS) is 15.4. The molecule has 0 saturated heterocycles. The molecule has 1 atom stereocenters. The number of imide groups is 2. The van der Waals surface area contributed by atoms with Gasteiger partial charge >= 0.3 is 0 Å². The Morgan fingerprint density at radius 1 is 0.600 bits per heavy atom. The molecule has 10 heteroatoms. The second-order valence-electron chi connectivity index (χ2n) is 11.7. The molecule has 0 saturated carbocycles. The lowest BCUT2D eigenvalue weighted by Gasteiger charge is -2.19. The number of aromatic amines is 2. The van der Waals surface area contributed by atoms with Crippen LogP contribution in [0.3, 0.4) is 0 Å². The molecule has 1 unspecified atom stereocenters.